The summed E-state index contributed by atoms with van der Waals surface area (Å²) in [7, 11) is 0. The van der Waals surface area contributed by atoms with E-state index in [0.717, 1.165) is 16.7 Å². The minimum absolute atomic E-state index is 0.216. The molecular weight excluding hydrogens is 649 g/mol. The van der Waals surface area contributed by atoms with Gasteiger partial charge in [-0.1, -0.05) is 126 Å². The molecule has 5 aromatic rings. The molecule has 0 radical (unpaired) electrons. The highest BCUT2D eigenvalue weighted by atomic mass is 35.5. The molecule has 0 aromatic heterocycles. The van der Waals surface area contributed by atoms with Crippen LogP contribution in [0.5, 0.6) is 0 Å². The van der Waals surface area contributed by atoms with E-state index in [-0.39, 0.29) is 5.78 Å². The van der Waals surface area contributed by atoms with Crippen LogP contribution in [0.25, 0.3) is 11.1 Å². The Kier molecular flexibility index (Phi) is 6.86. The van der Waals surface area contributed by atoms with E-state index in [2.05, 4.69) is 0 Å². The fourth-order valence-corrected chi connectivity index (χ4v) is 8.84. The number of carbonyl (C=O) groups excluding carboxylic acids is 3. The Balaban J connectivity index is 1.56. The Labute approximate surface area is 287 Å². The van der Waals surface area contributed by atoms with Gasteiger partial charge in [0.2, 0.25) is 11.8 Å². The molecule has 47 heavy (non-hydrogen) atoms. The summed E-state index contributed by atoms with van der Waals surface area (Å²) in [6, 6.07) is 38.8. The van der Waals surface area contributed by atoms with Crippen molar-refractivity contribution >= 4 is 69.2 Å². The second-order valence-corrected chi connectivity index (χ2v) is 13.6. The second-order valence-electron chi connectivity index (χ2n) is 12.3. The largest absolute Gasteiger partial charge is 0.297 e. The molecule has 2 fully saturated rings. The van der Waals surface area contributed by atoms with E-state index in [9.17, 15) is 0 Å². The average Bonchev–Trinajstić information content (AvgIpc) is 3.59. The topological polar surface area (TPSA) is 54.5 Å². The number of fused-ring (bicyclic) bond motifs is 5. The minimum Gasteiger partial charge on any atom is -0.297 e. The highest BCUT2D eigenvalue weighted by Gasteiger charge is 2.82. The number of carbonyl (C=O) groups is 3. The fraction of sp³-hybridized carbons (Fsp3) is 0.125. The maximum absolute atomic E-state index is 16.0. The van der Waals surface area contributed by atoms with E-state index < -0.39 is 34.5 Å². The highest BCUT2D eigenvalue weighted by Crippen LogP contribution is 2.74. The Hall–Kier alpha value is -4.48. The smallest absolute Gasteiger partial charge is 0.239 e. The van der Waals surface area contributed by atoms with Crippen LogP contribution in [0.1, 0.15) is 27.8 Å². The van der Waals surface area contributed by atoms with Gasteiger partial charge >= 0.3 is 0 Å². The van der Waals surface area contributed by atoms with Gasteiger partial charge in [0.15, 0.2) is 5.78 Å². The molecule has 4 nitrogen and oxygen atoms in total. The predicted octanol–water partition coefficient (Wildman–Crippen LogP) is 9.14. The summed E-state index contributed by atoms with van der Waals surface area (Å²) in [5, 5.41) is 1.38. The minimum atomic E-state index is -1.53. The molecule has 0 unspecified atom stereocenters. The maximum Gasteiger partial charge on any atom is 0.239 e. The zero-order chi connectivity index (χ0) is 32.7. The number of amides is 2. The van der Waals surface area contributed by atoms with Gasteiger partial charge < -0.3 is 0 Å². The number of hydrogen-bond acceptors (Lipinski definition) is 3. The summed E-state index contributed by atoms with van der Waals surface area (Å²) in [5.41, 5.74) is 2.27. The number of ketones is 1. The third-order valence-corrected chi connectivity index (χ3v) is 10.9. The van der Waals surface area contributed by atoms with E-state index in [1.54, 1.807) is 42.5 Å². The molecule has 7 heteroatoms. The molecule has 1 aliphatic heterocycles. The van der Waals surface area contributed by atoms with E-state index in [4.69, 9.17) is 34.8 Å². The average molecular weight is 675 g/mol. The van der Waals surface area contributed by atoms with Gasteiger partial charge in [-0.2, -0.15) is 0 Å². The molecule has 1 saturated carbocycles. The molecule has 2 amide bonds. The summed E-state index contributed by atoms with van der Waals surface area (Å²) >= 11 is 19.3. The van der Waals surface area contributed by atoms with Crippen molar-refractivity contribution in [3.05, 3.63) is 170 Å². The van der Waals surface area contributed by atoms with Gasteiger partial charge in [-0.05, 0) is 82.3 Å². The first-order chi connectivity index (χ1) is 22.7. The van der Waals surface area contributed by atoms with Crippen molar-refractivity contribution in [3.63, 3.8) is 0 Å². The number of hydrogen-bond donors (Lipinski definition) is 0. The number of halogens is 3. The summed E-state index contributed by atoms with van der Waals surface area (Å²) in [4.78, 5) is 47.5. The summed E-state index contributed by atoms with van der Waals surface area (Å²) in [6.07, 6.45) is 0. The molecule has 3 aliphatic rings. The Morgan fingerprint density at radius 1 is 0.532 bits per heavy atom. The lowest BCUT2D eigenvalue weighted by Crippen LogP contribution is -2.45. The van der Waals surface area contributed by atoms with Crippen LogP contribution in [0.15, 0.2) is 127 Å². The van der Waals surface area contributed by atoms with Crippen LogP contribution < -0.4 is 4.90 Å². The lowest BCUT2D eigenvalue weighted by atomic mass is 9.59. The van der Waals surface area contributed by atoms with Crippen molar-refractivity contribution in [2.24, 2.45) is 11.8 Å². The molecule has 4 atom stereocenters. The molecule has 2 bridgehead atoms. The van der Waals surface area contributed by atoms with Crippen LogP contribution in [0.2, 0.25) is 15.1 Å². The normalized spacial score (nSPS) is 24.8. The van der Waals surface area contributed by atoms with Crippen molar-refractivity contribution in [2.75, 3.05) is 4.90 Å². The lowest BCUT2D eigenvalue weighted by Gasteiger charge is -2.39. The summed E-state index contributed by atoms with van der Waals surface area (Å²) in [5.74, 6) is -3.21. The van der Waals surface area contributed by atoms with Gasteiger partial charge in [0.05, 0.1) is 28.4 Å². The molecular formula is C40H26Cl3NO3. The van der Waals surface area contributed by atoms with Crippen LogP contribution >= 0.6 is 34.8 Å². The number of anilines is 1. The van der Waals surface area contributed by atoms with Crippen molar-refractivity contribution < 1.29 is 14.4 Å². The van der Waals surface area contributed by atoms with Gasteiger partial charge in [0, 0.05) is 15.1 Å². The first kappa shape index (κ1) is 29.9. The first-order valence-corrected chi connectivity index (χ1v) is 16.4. The van der Waals surface area contributed by atoms with E-state index in [1.165, 1.54) is 4.90 Å². The number of Topliss-reactive ketones (excluding diaryl/α,β-unsaturated/α-hetero) is 1. The monoisotopic (exact) mass is 673 g/mol. The Bertz CT molecular complexity index is 2020. The third kappa shape index (κ3) is 3.93. The third-order valence-electron chi connectivity index (χ3n) is 10.1. The zero-order valence-electron chi connectivity index (χ0n) is 25.1. The predicted molar refractivity (Wildman–Crippen MR) is 187 cm³/mol. The first-order valence-electron chi connectivity index (χ1n) is 15.3. The van der Waals surface area contributed by atoms with Crippen LogP contribution in [0.4, 0.5) is 5.69 Å². The van der Waals surface area contributed by atoms with E-state index >= 15 is 14.4 Å². The number of aryl methyl sites for hydroxylation is 1. The van der Waals surface area contributed by atoms with E-state index in [1.807, 2.05) is 91.9 Å². The van der Waals surface area contributed by atoms with Gasteiger partial charge in [0.25, 0.3) is 0 Å². The zero-order valence-corrected chi connectivity index (χ0v) is 27.4. The molecule has 0 spiro atoms. The van der Waals surface area contributed by atoms with Gasteiger partial charge in [-0.3, -0.25) is 14.4 Å². The molecule has 2 aliphatic carbocycles. The number of rotatable bonds is 5. The van der Waals surface area contributed by atoms with Crippen LogP contribution in [-0.4, -0.2) is 17.6 Å². The van der Waals surface area contributed by atoms with Gasteiger partial charge in [-0.15, -0.1) is 0 Å². The molecule has 1 saturated heterocycles. The number of imide groups is 1. The van der Waals surface area contributed by atoms with Gasteiger partial charge in [-0.25, -0.2) is 4.90 Å². The van der Waals surface area contributed by atoms with Crippen molar-refractivity contribution in [1.29, 1.82) is 0 Å². The fourth-order valence-electron chi connectivity index (χ4n) is 8.42. The van der Waals surface area contributed by atoms with Crippen molar-refractivity contribution in [1.82, 2.24) is 0 Å². The summed E-state index contributed by atoms with van der Waals surface area (Å²) in [6.45, 7) is 1.84. The van der Waals surface area contributed by atoms with Crippen molar-refractivity contribution in [2.45, 2.75) is 17.8 Å². The lowest BCUT2D eigenvalue weighted by molar-refractivity contribution is -0.130. The highest BCUT2D eigenvalue weighted by molar-refractivity contribution is 6.39. The molecule has 0 N–H and O–H groups in total. The number of nitrogens with zero attached hydrogens (tertiary/aromatic N) is 1. The second kappa shape index (κ2) is 10.8. The van der Waals surface area contributed by atoms with Crippen LogP contribution in [0.3, 0.4) is 0 Å². The summed E-state index contributed by atoms with van der Waals surface area (Å²) < 4.78 is 0. The van der Waals surface area contributed by atoms with Crippen LogP contribution in [-0.2, 0) is 25.2 Å². The molecule has 1 heterocycles. The van der Waals surface area contributed by atoms with Gasteiger partial charge in [0.1, 0.15) is 0 Å². The maximum atomic E-state index is 16.0. The Morgan fingerprint density at radius 2 is 0.936 bits per heavy atom. The quantitative estimate of drug-likeness (QED) is 0.175. The molecule has 230 valence electrons. The number of benzene rings is 5. The SMILES string of the molecule is Cc1ccc(Cl)cc1N1C(=O)[C@@H]2[C@H](C1=O)[C@@]1(c3ccc(Cl)cc3)C(=O)[C@@]2(c2ccc(Cl)cc2)C(c2ccccc2)=C1c1ccccc1. The van der Waals surface area contributed by atoms with Crippen molar-refractivity contribution in [3.8, 4) is 0 Å². The van der Waals surface area contributed by atoms with Crippen LogP contribution in [0, 0.1) is 18.8 Å². The molecule has 8 rings (SSSR count). The number of allylic oxidation sites excluding steroid dienone is 2. The van der Waals surface area contributed by atoms with E-state index in [0.29, 0.717) is 43.0 Å². The Morgan fingerprint density at radius 3 is 1.36 bits per heavy atom. The standard InChI is InChI=1S/C40H26Cl3NO3/c1-23-12-17-30(43)22-31(23)44-36(45)34-35(37(44)46)40(27-15-20-29(42)21-16-27)33(25-10-6-3-7-11-25)32(24-8-4-2-5-9-24)39(34,38(40)47)26-13-18-28(41)19-14-26/h2-22,34-35H,1H3/t34-,35+,39-,40-/m0/s1. The molecule has 5 aromatic carbocycles.